The smallest absolute Gasteiger partial charge is 0.0431 e. The third kappa shape index (κ3) is 3.46. The van der Waals surface area contributed by atoms with Gasteiger partial charge >= 0.3 is 0 Å². The van der Waals surface area contributed by atoms with Crippen molar-refractivity contribution >= 4 is 0 Å². The topological polar surface area (TPSA) is 23.5 Å². The second-order valence-electron chi connectivity index (χ2n) is 5.66. The lowest BCUT2D eigenvalue weighted by Gasteiger charge is -2.30. The average molecular weight is 225 g/mol. The normalized spacial score (nSPS) is 28.7. The molecule has 1 atom stereocenters. The van der Waals surface area contributed by atoms with Crippen molar-refractivity contribution in [2.45, 2.75) is 63.8 Å². The number of aliphatic hydroxyl groups excluding tert-OH is 1. The van der Waals surface area contributed by atoms with Gasteiger partial charge in [0.15, 0.2) is 0 Å². The molecule has 0 aromatic heterocycles. The van der Waals surface area contributed by atoms with Gasteiger partial charge in [-0.15, -0.1) is 0 Å². The zero-order valence-corrected chi connectivity index (χ0v) is 10.5. The lowest BCUT2D eigenvalue weighted by molar-refractivity contribution is 0.171. The van der Waals surface area contributed by atoms with Gasteiger partial charge in [0.25, 0.3) is 0 Å². The molecule has 0 bridgehead atoms. The second kappa shape index (κ2) is 6.61. The van der Waals surface area contributed by atoms with E-state index >= 15 is 0 Å². The Morgan fingerprint density at radius 3 is 2.56 bits per heavy atom. The van der Waals surface area contributed by atoms with Crippen molar-refractivity contribution in [3.05, 3.63) is 0 Å². The zero-order valence-electron chi connectivity index (χ0n) is 10.5. The molecular weight excluding hydrogens is 198 g/mol. The van der Waals surface area contributed by atoms with Gasteiger partial charge in [-0.3, -0.25) is 0 Å². The van der Waals surface area contributed by atoms with Crippen molar-refractivity contribution in [2.75, 3.05) is 19.7 Å². The van der Waals surface area contributed by atoms with E-state index in [1.165, 1.54) is 64.5 Å². The van der Waals surface area contributed by atoms with Crippen LogP contribution in [0.25, 0.3) is 0 Å². The maximum absolute atomic E-state index is 8.92. The highest BCUT2D eigenvalue weighted by Gasteiger charge is 2.26. The number of aliphatic hydroxyl groups is 1. The first-order valence-corrected chi connectivity index (χ1v) is 7.25. The van der Waals surface area contributed by atoms with Gasteiger partial charge < -0.3 is 10.0 Å². The lowest BCUT2D eigenvalue weighted by Crippen LogP contribution is -2.34. The van der Waals surface area contributed by atoms with Crippen molar-refractivity contribution in [1.29, 1.82) is 0 Å². The summed E-state index contributed by atoms with van der Waals surface area (Å²) >= 11 is 0. The highest BCUT2D eigenvalue weighted by molar-refractivity contribution is 4.81. The minimum Gasteiger partial charge on any atom is -0.396 e. The largest absolute Gasteiger partial charge is 0.396 e. The quantitative estimate of drug-likeness (QED) is 0.777. The summed E-state index contributed by atoms with van der Waals surface area (Å²) in [6.45, 7) is 3.02. The molecular formula is C14H27NO. The van der Waals surface area contributed by atoms with E-state index in [0.29, 0.717) is 6.61 Å². The van der Waals surface area contributed by atoms with Gasteiger partial charge in [0, 0.05) is 19.2 Å². The fourth-order valence-corrected chi connectivity index (χ4v) is 3.49. The van der Waals surface area contributed by atoms with Crippen LogP contribution in [0.1, 0.15) is 57.8 Å². The molecule has 16 heavy (non-hydrogen) atoms. The standard InChI is InChI=1S/C14H27NO/c16-11-5-9-14-8-4-10-15(14)12-13-6-2-1-3-7-13/h13-14,16H,1-12H2. The fourth-order valence-electron chi connectivity index (χ4n) is 3.49. The minimum atomic E-state index is 0.369. The van der Waals surface area contributed by atoms with E-state index < -0.39 is 0 Å². The van der Waals surface area contributed by atoms with Crippen LogP contribution in [-0.2, 0) is 0 Å². The van der Waals surface area contributed by atoms with Crippen LogP contribution in [0.5, 0.6) is 0 Å². The molecule has 1 aliphatic heterocycles. The molecule has 2 rings (SSSR count). The molecule has 94 valence electrons. The maximum atomic E-state index is 8.92. The molecule has 1 N–H and O–H groups in total. The van der Waals surface area contributed by atoms with Crippen LogP contribution in [0.4, 0.5) is 0 Å². The SMILES string of the molecule is OCCCC1CCCN1CC1CCCCC1. The summed E-state index contributed by atoms with van der Waals surface area (Å²) < 4.78 is 0. The van der Waals surface area contributed by atoms with Crippen LogP contribution >= 0.6 is 0 Å². The Bertz CT molecular complexity index is 189. The Balaban J connectivity index is 1.73. The molecule has 0 aromatic rings. The molecule has 1 unspecified atom stereocenters. The van der Waals surface area contributed by atoms with E-state index in [1.54, 1.807) is 0 Å². The molecule has 1 aliphatic carbocycles. The molecule has 0 amide bonds. The molecule has 2 fully saturated rings. The van der Waals surface area contributed by atoms with Crippen molar-refractivity contribution in [2.24, 2.45) is 5.92 Å². The predicted molar refractivity (Wildman–Crippen MR) is 67.5 cm³/mol. The van der Waals surface area contributed by atoms with Gasteiger partial charge in [0.05, 0.1) is 0 Å². The van der Waals surface area contributed by atoms with E-state index in [1.807, 2.05) is 0 Å². The molecule has 2 aliphatic rings. The summed E-state index contributed by atoms with van der Waals surface area (Å²) in [6.07, 6.45) is 12.3. The highest BCUT2D eigenvalue weighted by Crippen LogP contribution is 2.28. The van der Waals surface area contributed by atoms with Crippen LogP contribution in [0.15, 0.2) is 0 Å². The summed E-state index contributed by atoms with van der Waals surface area (Å²) in [5.41, 5.74) is 0. The van der Waals surface area contributed by atoms with Crippen molar-refractivity contribution in [1.82, 2.24) is 4.90 Å². The molecule has 1 heterocycles. The Morgan fingerprint density at radius 2 is 1.81 bits per heavy atom. The van der Waals surface area contributed by atoms with Gasteiger partial charge in [-0.25, -0.2) is 0 Å². The monoisotopic (exact) mass is 225 g/mol. The van der Waals surface area contributed by atoms with E-state index in [4.69, 9.17) is 5.11 Å². The summed E-state index contributed by atoms with van der Waals surface area (Å²) in [5, 5.41) is 8.92. The highest BCUT2D eigenvalue weighted by atomic mass is 16.2. The average Bonchev–Trinajstić information content (AvgIpc) is 2.75. The lowest BCUT2D eigenvalue weighted by atomic mass is 9.88. The Labute approximate surface area is 100 Å². The van der Waals surface area contributed by atoms with Gasteiger partial charge in [-0.1, -0.05) is 19.3 Å². The van der Waals surface area contributed by atoms with Gasteiger partial charge in [0.2, 0.25) is 0 Å². The summed E-state index contributed by atoms with van der Waals surface area (Å²) in [6, 6.07) is 0.786. The third-order valence-corrected chi connectivity index (χ3v) is 4.41. The zero-order chi connectivity index (χ0) is 11.2. The Hall–Kier alpha value is -0.0800. The number of nitrogens with zero attached hydrogens (tertiary/aromatic N) is 1. The molecule has 0 aromatic carbocycles. The Kier molecular flexibility index (Phi) is 5.11. The van der Waals surface area contributed by atoms with Crippen molar-refractivity contribution < 1.29 is 5.11 Å². The molecule has 1 saturated carbocycles. The summed E-state index contributed by atoms with van der Waals surface area (Å²) in [4.78, 5) is 2.71. The first kappa shape index (κ1) is 12.4. The molecule has 0 radical (unpaired) electrons. The number of hydrogen-bond donors (Lipinski definition) is 1. The first-order valence-electron chi connectivity index (χ1n) is 7.25. The first-order chi connectivity index (χ1) is 7.90. The predicted octanol–water partition coefficient (Wildman–Crippen LogP) is 2.80. The minimum absolute atomic E-state index is 0.369. The van der Waals surface area contributed by atoms with E-state index in [0.717, 1.165) is 18.4 Å². The molecule has 1 saturated heterocycles. The van der Waals surface area contributed by atoms with Crippen molar-refractivity contribution in [3.63, 3.8) is 0 Å². The van der Waals surface area contributed by atoms with E-state index in [9.17, 15) is 0 Å². The summed E-state index contributed by atoms with van der Waals surface area (Å²) in [5.74, 6) is 0.975. The number of likely N-dealkylation sites (tertiary alicyclic amines) is 1. The molecule has 2 nitrogen and oxygen atoms in total. The van der Waals surface area contributed by atoms with E-state index in [-0.39, 0.29) is 0 Å². The maximum Gasteiger partial charge on any atom is 0.0431 e. The van der Waals surface area contributed by atoms with E-state index in [2.05, 4.69) is 4.90 Å². The van der Waals surface area contributed by atoms with Gasteiger partial charge in [-0.05, 0) is 51.0 Å². The van der Waals surface area contributed by atoms with Crippen LogP contribution in [-0.4, -0.2) is 35.7 Å². The summed E-state index contributed by atoms with van der Waals surface area (Å²) in [7, 11) is 0. The third-order valence-electron chi connectivity index (χ3n) is 4.41. The molecule has 0 spiro atoms. The molecule has 2 heteroatoms. The fraction of sp³-hybridized carbons (Fsp3) is 1.00. The number of hydrogen-bond acceptors (Lipinski definition) is 2. The number of rotatable bonds is 5. The van der Waals surface area contributed by atoms with Crippen LogP contribution < -0.4 is 0 Å². The van der Waals surface area contributed by atoms with Crippen molar-refractivity contribution in [3.8, 4) is 0 Å². The van der Waals surface area contributed by atoms with Crippen LogP contribution in [0.2, 0.25) is 0 Å². The van der Waals surface area contributed by atoms with Crippen LogP contribution in [0, 0.1) is 5.92 Å². The van der Waals surface area contributed by atoms with Gasteiger partial charge in [0.1, 0.15) is 0 Å². The van der Waals surface area contributed by atoms with Crippen LogP contribution in [0.3, 0.4) is 0 Å². The Morgan fingerprint density at radius 1 is 1.00 bits per heavy atom. The second-order valence-corrected chi connectivity index (χ2v) is 5.66. The van der Waals surface area contributed by atoms with Gasteiger partial charge in [-0.2, -0.15) is 0 Å².